The molecule has 3 aliphatic rings. The Hall–Kier alpha value is -1.14. The lowest BCUT2D eigenvalue weighted by Gasteiger charge is -2.37. The minimum Gasteiger partial charge on any atom is -0.353 e. The van der Waals surface area contributed by atoms with E-state index < -0.39 is 0 Å². The van der Waals surface area contributed by atoms with Crippen LogP contribution in [0.5, 0.6) is 0 Å². The maximum Gasteiger partial charge on any atom is 0.234 e. The van der Waals surface area contributed by atoms with Gasteiger partial charge in [0, 0.05) is 44.3 Å². The van der Waals surface area contributed by atoms with Gasteiger partial charge in [-0.25, -0.2) is 0 Å². The maximum atomic E-state index is 12.7. The fourth-order valence-electron chi connectivity index (χ4n) is 5.57. The molecule has 1 aromatic rings. The van der Waals surface area contributed by atoms with Crippen LogP contribution in [0.15, 0.2) is 24.3 Å². The Labute approximate surface area is 193 Å². The molecule has 0 spiro atoms. The zero-order chi connectivity index (χ0) is 21.5. The summed E-state index contributed by atoms with van der Waals surface area (Å²) >= 11 is 6.50. The lowest BCUT2D eigenvalue weighted by molar-refractivity contribution is -0.123. The Balaban J connectivity index is 1.22. The van der Waals surface area contributed by atoms with Crippen molar-refractivity contribution in [2.45, 2.75) is 51.0 Å². The van der Waals surface area contributed by atoms with Crippen LogP contribution in [0, 0.1) is 5.92 Å². The molecule has 3 fully saturated rings. The van der Waals surface area contributed by atoms with Crippen molar-refractivity contribution in [1.82, 2.24) is 20.0 Å². The van der Waals surface area contributed by atoms with Crippen LogP contribution >= 0.6 is 11.6 Å². The van der Waals surface area contributed by atoms with Gasteiger partial charge in [-0.1, -0.05) is 49.1 Å². The monoisotopic (exact) mass is 446 g/mol. The van der Waals surface area contributed by atoms with Crippen LogP contribution < -0.4 is 5.32 Å². The van der Waals surface area contributed by atoms with Crippen molar-refractivity contribution in [3.63, 3.8) is 0 Å². The minimum absolute atomic E-state index is 0.136. The van der Waals surface area contributed by atoms with Crippen LogP contribution in [-0.4, -0.2) is 79.5 Å². The molecule has 1 aromatic carbocycles. The molecule has 5 nitrogen and oxygen atoms in total. The van der Waals surface area contributed by atoms with Crippen LogP contribution in [0.2, 0.25) is 5.02 Å². The van der Waals surface area contributed by atoms with E-state index in [1.54, 1.807) is 0 Å². The summed E-state index contributed by atoms with van der Waals surface area (Å²) in [5, 5.41) is 4.01. The van der Waals surface area contributed by atoms with E-state index in [1.165, 1.54) is 51.5 Å². The average molecular weight is 447 g/mol. The van der Waals surface area contributed by atoms with E-state index in [0.29, 0.717) is 13.1 Å². The van der Waals surface area contributed by atoms with Crippen molar-refractivity contribution in [2.75, 3.05) is 58.9 Å². The summed E-state index contributed by atoms with van der Waals surface area (Å²) in [6, 6.07) is 8.23. The minimum atomic E-state index is 0.136. The molecule has 6 heteroatoms. The SMILES string of the molecule is O=C(CN1CCN(CC2CCCCC2)CC1)NCC(c1ccccc1Cl)N1CCCC1. The molecule has 0 radical (unpaired) electrons. The van der Waals surface area contributed by atoms with E-state index in [2.05, 4.69) is 26.1 Å². The Bertz CT molecular complexity index is 695. The molecule has 2 heterocycles. The van der Waals surface area contributed by atoms with Crippen molar-refractivity contribution in [1.29, 1.82) is 0 Å². The zero-order valence-corrected chi connectivity index (χ0v) is 19.7. The van der Waals surface area contributed by atoms with Gasteiger partial charge in [-0.15, -0.1) is 0 Å². The van der Waals surface area contributed by atoms with Crippen molar-refractivity contribution in [3.05, 3.63) is 34.9 Å². The van der Waals surface area contributed by atoms with E-state index in [-0.39, 0.29) is 11.9 Å². The number of likely N-dealkylation sites (tertiary alicyclic amines) is 1. The first-order chi connectivity index (χ1) is 15.2. The normalized spacial score (nSPS) is 23.1. The van der Waals surface area contributed by atoms with Gasteiger partial charge in [-0.05, 0) is 56.3 Å². The number of rotatable bonds is 8. The van der Waals surface area contributed by atoms with E-state index in [4.69, 9.17) is 11.6 Å². The second kappa shape index (κ2) is 11.6. The average Bonchev–Trinajstić information content (AvgIpc) is 3.32. The number of nitrogens with zero attached hydrogens (tertiary/aromatic N) is 3. The number of carbonyl (C=O) groups excluding carboxylic acids is 1. The maximum absolute atomic E-state index is 12.7. The topological polar surface area (TPSA) is 38.8 Å². The fourth-order valence-corrected chi connectivity index (χ4v) is 5.83. The smallest absolute Gasteiger partial charge is 0.234 e. The van der Waals surface area contributed by atoms with E-state index in [9.17, 15) is 4.79 Å². The molecule has 0 bridgehead atoms. The molecule has 172 valence electrons. The van der Waals surface area contributed by atoms with Crippen molar-refractivity contribution in [3.8, 4) is 0 Å². The summed E-state index contributed by atoms with van der Waals surface area (Å²) in [6.45, 7) is 8.75. The highest BCUT2D eigenvalue weighted by Gasteiger charge is 2.26. The summed E-state index contributed by atoms with van der Waals surface area (Å²) in [6.07, 6.45) is 9.52. The molecule has 2 aliphatic heterocycles. The molecule has 31 heavy (non-hydrogen) atoms. The molecule has 0 aromatic heterocycles. The first kappa shape index (κ1) is 23.0. The number of halogens is 1. The van der Waals surface area contributed by atoms with Gasteiger partial charge in [0.25, 0.3) is 0 Å². The number of hydrogen-bond acceptors (Lipinski definition) is 4. The van der Waals surface area contributed by atoms with Gasteiger partial charge in [-0.3, -0.25) is 14.6 Å². The molecule has 1 N–H and O–H groups in total. The largest absolute Gasteiger partial charge is 0.353 e. The molecule has 1 unspecified atom stereocenters. The number of piperazine rings is 1. The summed E-state index contributed by atoms with van der Waals surface area (Å²) in [4.78, 5) is 20.1. The van der Waals surface area contributed by atoms with Gasteiger partial charge in [0.1, 0.15) is 0 Å². The third kappa shape index (κ3) is 6.67. The van der Waals surface area contributed by atoms with Crippen LogP contribution in [-0.2, 0) is 4.79 Å². The number of carbonyl (C=O) groups is 1. The second-order valence-corrected chi connectivity index (χ2v) is 10.1. The summed E-state index contributed by atoms with van der Waals surface area (Å²) in [5.74, 6) is 1.04. The quantitative estimate of drug-likeness (QED) is 0.659. The highest BCUT2D eigenvalue weighted by Crippen LogP contribution is 2.29. The molecule has 1 atom stereocenters. The van der Waals surface area contributed by atoms with E-state index in [0.717, 1.165) is 55.8 Å². The number of amides is 1. The molecular weight excluding hydrogens is 408 g/mol. The Morgan fingerprint density at radius 3 is 2.32 bits per heavy atom. The molecule has 1 saturated carbocycles. The van der Waals surface area contributed by atoms with Crippen LogP contribution in [0.4, 0.5) is 0 Å². The van der Waals surface area contributed by atoms with Gasteiger partial charge in [-0.2, -0.15) is 0 Å². The van der Waals surface area contributed by atoms with Crippen molar-refractivity contribution in [2.24, 2.45) is 5.92 Å². The van der Waals surface area contributed by atoms with E-state index >= 15 is 0 Å². The Morgan fingerprint density at radius 1 is 0.935 bits per heavy atom. The molecule has 1 amide bonds. The highest BCUT2D eigenvalue weighted by molar-refractivity contribution is 6.31. The zero-order valence-electron chi connectivity index (χ0n) is 18.9. The second-order valence-electron chi connectivity index (χ2n) is 9.67. The van der Waals surface area contributed by atoms with Crippen LogP contribution in [0.25, 0.3) is 0 Å². The van der Waals surface area contributed by atoms with Gasteiger partial charge < -0.3 is 10.2 Å². The molecular formula is C25H39ClN4O. The first-order valence-corrected chi connectivity index (χ1v) is 12.8. The fraction of sp³-hybridized carbons (Fsp3) is 0.720. The van der Waals surface area contributed by atoms with Gasteiger partial charge in [0.2, 0.25) is 5.91 Å². The number of nitrogens with one attached hydrogen (secondary N) is 1. The predicted molar refractivity (Wildman–Crippen MR) is 127 cm³/mol. The van der Waals surface area contributed by atoms with Crippen molar-refractivity contribution >= 4 is 17.5 Å². The molecule has 2 saturated heterocycles. The summed E-state index contributed by atoms with van der Waals surface area (Å²) in [5.41, 5.74) is 1.13. The van der Waals surface area contributed by atoms with Crippen molar-refractivity contribution < 1.29 is 4.79 Å². The molecule has 4 rings (SSSR count). The standard InChI is InChI=1S/C25H39ClN4O/c26-23-11-5-4-10-22(23)24(30-12-6-7-13-30)18-27-25(31)20-29-16-14-28(15-17-29)19-21-8-2-1-3-9-21/h4-5,10-11,21,24H,1-3,6-9,12-20H2,(H,27,31). The number of hydrogen-bond donors (Lipinski definition) is 1. The Kier molecular flexibility index (Phi) is 8.65. The first-order valence-electron chi connectivity index (χ1n) is 12.4. The van der Waals surface area contributed by atoms with Gasteiger partial charge >= 0.3 is 0 Å². The lowest BCUT2D eigenvalue weighted by atomic mass is 9.89. The number of benzene rings is 1. The lowest BCUT2D eigenvalue weighted by Crippen LogP contribution is -2.51. The molecule has 1 aliphatic carbocycles. The van der Waals surface area contributed by atoms with E-state index in [1.807, 2.05) is 18.2 Å². The van der Waals surface area contributed by atoms with Crippen LogP contribution in [0.1, 0.15) is 56.6 Å². The van der Waals surface area contributed by atoms with Crippen LogP contribution in [0.3, 0.4) is 0 Å². The van der Waals surface area contributed by atoms with Gasteiger partial charge in [0.05, 0.1) is 12.6 Å². The third-order valence-electron chi connectivity index (χ3n) is 7.41. The highest BCUT2D eigenvalue weighted by atomic mass is 35.5. The summed E-state index contributed by atoms with van der Waals surface area (Å²) < 4.78 is 0. The Morgan fingerprint density at radius 2 is 1.61 bits per heavy atom. The predicted octanol–water partition coefficient (Wildman–Crippen LogP) is 3.79. The third-order valence-corrected chi connectivity index (χ3v) is 7.76. The summed E-state index contributed by atoms with van der Waals surface area (Å²) in [7, 11) is 0. The van der Waals surface area contributed by atoms with Gasteiger partial charge in [0.15, 0.2) is 0 Å².